The zero-order valence-electron chi connectivity index (χ0n) is 17.1. The highest BCUT2D eigenvalue weighted by Gasteiger charge is 2.39. The summed E-state index contributed by atoms with van der Waals surface area (Å²) in [5.41, 5.74) is 3.86. The Morgan fingerprint density at radius 1 is 1.00 bits per heavy atom. The molecule has 0 saturated carbocycles. The average Bonchev–Trinajstić information content (AvgIpc) is 3.49. The molecule has 3 heteroatoms. The van der Waals surface area contributed by atoms with Crippen molar-refractivity contribution in [1.82, 2.24) is 0 Å². The van der Waals surface area contributed by atoms with Gasteiger partial charge in [0.2, 0.25) is 0 Å². The normalized spacial score (nSPS) is 26.9. The molecule has 0 radical (unpaired) electrons. The van der Waals surface area contributed by atoms with Crippen molar-refractivity contribution in [1.29, 1.82) is 0 Å². The van der Waals surface area contributed by atoms with E-state index in [0.717, 1.165) is 37.3 Å². The number of allylic oxidation sites excluding steroid dienone is 2. The largest absolute Gasteiger partial charge is 0.489 e. The second-order valence-corrected chi connectivity index (χ2v) is 8.75. The van der Waals surface area contributed by atoms with Crippen LogP contribution in [-0.4, -0.2) is 19.3 Å². The van der Waals surface area contributed by atoms with Crippen molar-refractivity contribution < 1.29 is 9.47 Å². The molecule has 30 heavy (non-hydrogen) atoms. The van der Waals surface area contributed by atoms with E-state index in [1.54, 1.807) is 0 Å². The van der Waals surface area contributed by atoms with Crippen LogP contribution in [0.3, 0.4) is 0 Å². The summed E-state index contributed by atoms with van der Waals surface area (Å²) < 4.78 is 12.0. The van der Waals surface area contributed by atoms with E-state index < -0.39 is 0 Å². The Hall–Kier alpha value is -2.78. The molecule has 1 fully saturated rings. The molecule has 4 unspecified atom stereocenters. The molecule has 6 rings (SSSR count). The van der Waals surface area contributed by atoms with E-state index in [1.165, 1.54) is 21.9 Å². The van der Waals surface area contributed by atoms with Crippen LogP contribution in [0.15, 0.2) is 72.8 Å². The molecule has 1 aliphatic carbocycles. The molecule has 4 atom stereocenters. The summed E-state index contributed by atoms with van der Waals surface area (Å²) in [5.74, 6) is 1.92. The summed E-state index contributed by atoms with van der Waals surface area (Å²) >= 11 is 0. The number of benzene rings is 3. The second-order valence-electron chi connectivity index (χ2n) is 8.75. The van der Waals surface area contributed by atoms with Gasteiger partial charge in [0.25, 0.3) is 0 Å². The lowest BCUT2D eigenvalue weighted by molar-refractivity contribution is 0.0681. The molecule has 0 spiro atoms. The van der Waals surface area contributed by atoms with Gasteiger partial charge in [-0.1, -0.05) is 60.7 Å². The van der Waals surface area contributed by atoms with Gasteiger partial charge in [0.15, 0.2) is 0 Å². The van der Waals surface area contributed by atoms with Gasteiger partial charge in [0, 0.05) is 12.5 Å². The summed E-state index contributed by atoms with van der Waals surface area (Å²) in [6.07, 6.45) is 8.30. The highest BCUT2D eigenvalue weighted by atomic mass is 16.5. The third-order valence-corrected chi connectivity index (χ3v) is 6.94. The molecule has 1 saturated heterocycles. The van der Waals surface area contributed by atoms with Crippen molar-refractivity contribution in [2.24, 2.45) is 5.92 Å². The van der Waals surface area contributed by atoms with Crippen molar-refractivity contribution in [2.75, 3.05) is 18.5 Å². The number of fused-ring (bicyclic) bond motifs is 4. The first-order chi connectivity index (χ1) is 14.9. The number of hydrogen-bond acceptors (Lipinski definition) is 3. The van der Waals surface area contributed by atoms with Crippen molar-refractivity contribution in [3.63, 3.8) is 0 Å². The van der Waals surface area contributed by atoms with E-state index in [9.17, 15) is 0 Å². The molecule has 3 aliphatic rings. The lowest BCUT2D eigenvalue weighted by Gasteiger charge is -2.38. The third kappa shape index (κ3) is 3.09. The van der Waals surface area contributed by atoms with Gasteiger partial charge >= 0.3 is 0 Å². The van der Waals surface area contributed by atoms with Crippen LogP contribution in [0.25, 0.3) is 10.8 Å². The van der Waals surface area contributed by atoms with Crippen LogP contribution in [0.1, 0.15) is 42.3 Å². The van der Waals surface area contributed by atoms with Crippen LogP contribution in [0.2, 0.25) is 0 Å². The summed E-state index contributed by atoms with van der Waals surface area (Å²) in [7, 11) is 0. The minimum atomic E-state index is 0.222. The van der Waals surface area contributed by atoms with Gasteiger partial charge in [-0.3, -0.25) is 0 Å². The fourth-order valence-corrected chi connectivity index (χ4v) is 5.40. The molecule has 152 valence electrons. The maximum Gasteiger partial charge on any atom is 0.142 e. The predicted octanol–water partition coefficient (Wildman–Crippen LogP) is 6.22. The standard InChI is InChI=1S/C27H27NO2/c1-2-7-19-16-20(14-13-18(19)6-1)26-23-10-3-9-22(23)24-11-4-12-25(27(24)28-26)30-17-21-8-5-15-29-21/h1-4,6-7,9,11-14,16,21-23,26,28H,5,8,10,15,17H2. The van der Waals surface area contributed by atoms with E-state index in [4.69, 9.17) is 9.47 Å². The van der Waals surface area contributed by atoms with Crippen molar-refractivity contribution in [3.8, 4) is 5.75 Å². The molecular formula is C27H27NO2. The van der Waals surface area contributed by atoms with Crippen LogP contribution in [0.5, 0.6) is 5.75 Å². The number of anilines is 1. The Morgan fingerprint density at radius 3 is 2.83 bits per heavy atom. The van der Waals surface area contributed by atoms with Crippen molar-refractivity contribution >= 4 is 16.5 Å². The van der Waals surface area contributed by atoms with Gasteiger partial charge in [-0.15, -0.1) is 0 Å². The number of nitrogens with one attached hydrogen (secondary N) is 1. The quantitative estimate of drug-likeness (QED) is 0.530. The van der Waals surface area contributed by atoms with Gasteiger partial charge in [-0.2, -0.15) is 0 Å². The highest BCUT2D eigenvalue weighted by Crippen LogP contribution is 2.52. The topological polar surface area (TPSA) is 30.5 Å². The zero-order chi connectivity index (χ0) is 19.9. The Kier molecular flexibility index (Phi) is 4.49. The Morgan fingerprint density at radius 2 is 1.93 bits per heavy atom. The molecule has 0 amide bonds. The van der Waals surface area contributed by atoms with E-state index in [1.807, 2.05) is 0 Å². The highest BCUT2D eigenvalue weighted by molar-refractivity contribution is 5.83. The predicted molar refractivity (Wildman–Crippen MR) is 121 cm³/mol. The Labute approximate surface area is 177 Å². The third-order valence-electron chi connectivity index (χ3n) is 6.94. The van der Waals surface area contributed by atoms with Gasteiger partial charge < -0.3 is 14.8 Å². The molecule has 3 aromatic rings. The number of rotatable bonds is 4. The fraction of sp³-hybridized carbons (Fsp3) is 0.333. The molecule has 0 aromatic heterocycles. The molecule has 2 heterocycles. The molecule has 0 bridgehead atoms. The van der Waals surface area contributed by atoms with Crippen molar-refractivity contribution in [3.05, 3.63) is 83.9 Å². The SMILES string of the molecule is C1=CC2c3cccc(OCC4CCCO4)c3NC(c3ccc4ccccc4c3)C2C1. The number of hydrogen-bond donors (Lipinski definition) is 1. The van der Waals surface area contributed by atoms with E-state index in [2.05, 4.69) is 78.1 Å². The maximum absolute atomic E-state index is 6.28. The summed E-state index contributed by atoms with van der Waals surface area (Å²) in [5, 5.41) is 6.48. The first-order valence-electron chi connectivity index (χ1n) is 11.2. The van der Waals surface area contributed by atoms with Crippen LogP contribution in [-0.2, 0) is 4.74 Å². The average molecular weight is 398 g/mol. The number of para-hydroxylation sites is 1. The first-order valence-corrected chi connectivity index (χ1v) is 11.2. The smallest absolute Gasteiger partial charge is 0.142 e. The van der Waals surface area contributed by atoms with Gasteiger partial charge in [0.1, 0.15) is 12.4 Å². The molecule has 3 aromatic carbocycles. The van der Waals surface area contributed by atoms with Crippen LogP contribution in [0, 0.1) is 5.92 Å². The number of ether oxygens (including phenoxy) is 2. The van der Waals surface area contributed by atoms with E-state index in [-0.39, 0.29) is 12.1 Å². The molecule has 3 nitrogen and oxygen atoms in total. The van der Waals surface area contributed by atoms with E-state index >= 15 is 0 Å². The second kappa shape index (κ2) is 7.48. The van der Waals surface area contributed by atoms with Crippen LogP contribution in [0.4, 0.5) is 5.69 Å². The monoisotopic (exact) mass is 397 g/mol. The van der Waals surface area contributed by atoms with Crippen LogP contribution >= 0.6 is 0 Å². The summed E-state index contributed by atoms with van der Waals surface area (Å²) in [6, 6.07) is 22.2. The molecule has 1 N–H and O–H groups in total. The molecule has 2 aliphatic heterocycles. The van der Waals surface area contributed by atoms with Gasteiger partial charge in [0.05, 0.1) is 17.8 Å². The van der Waals surface area contributed by atoms with Crippen molar-refractivity contribution in [2.45, 2.75) is 37.3 Å². The fourth-order valence-electron chi connectivity index (χ4n) is 5.40. The molecular weight excluding hydrogens is 370 g/mol. The maximum atomic E-state index is 6.28. The van der Waals surface area contributed by atoms with Gasteiger partial charge in [-0.25, -0.2) is 0 Å². The minimum Gasteiger partial charge on any atom is -0.489 e. The van der Waals surface area contributed by atoms with Crippen LogP contribution < -0.4 is 10.1 Å². The lowest BCUT2D eigenvalue weighted by Crippen LogP contribution is -2.29. The minimum absolute atomic E-state index is 0.222. The van der Waals surface area contributed by atoms with Gasteiger partial charge in [-0.05, 0) is 59.2 Å². The summed E-state index contributed by atoms with van der Waals surface area (Å²) in [6.45, 7) is 1.49. The Bertz CT molecular complexity index is 1100. The Balaban J connectivity index is 1.36. The first kappa shape index (κ1) is 18.0. The lowest BCUT2D eigenvalue weighted by atomic mass is 9.76. The zero-order valence-corrected chi connectivity index (χ0v) is 17.1. The summed E-state index contributed by atoms with van der Waals surface area (Å²) in [4.78, 5) is 0. The van der Waals surface area contributed by atoms with E-state index in [0.29, 0.717) is 18.4 Å².